The molecule has 0 radical (unpaired) electrons. The Morgan fingerprint density at radius 1 is 1.02 bits per heavy atom. The number of ether oxygens (including phenoxy) is 3. The molecule has 3 aromatic rings. The number of nitrogens with zero attached hydrogens (tertiary/aromatic N) is 1. The van der Waals surface area contributed by atoms with E-state index in [1.54, 1.807) is 32.2 Å². The van der Waals surface area contributed by atoms with E-state index in [9.17, 15) is 14.9 Å². The van der Waals surface area contributed by atoms with Gasteiger partial charge in [-0.25, -0.2) is 4.79 Å². The van der Waals surface area contributed by atoms with Crippen LogP contribution in [-0.4, -0.2) is 32.2 Å². The summed E-state index contributed by atoms with van der Waals surface area (Å²) in [5.41, 5.74) is 3.44. The standard InChI is InChI=1S/C32H36N2O5S/c1-5-8-9-10-17-39-27-16-13-23(19-28(27)37-4)18-25(20-33)30(35)34-31-29(32(36)38-7-3)26(21-40-31)24-14-11-22(6-2)12-15-24/h11-16,18-19,21H,5-10,17H2,1-4H3,(H,34,35)/b25-18+. The number of rotatable bonds is 14. The minimum Gasteiger partial charge on any atom is -0.493 e. The van der Waals surface area contributed by atoms with Crippen LogP contribution < -0.4 is 14.8 Å². The van der Waals surface area contributed by atoms with Crippen molar-refractivity contribution in [3.63, 3.8) is 0 Å². The summed E-state index contributed by atoms with van der Waals surface area (Å²) in [6, 6.07) is 15.1. The van der Waals surface area contributed by atoms with Gasteiger partial charge in [0, 0.05) is 10.9 Å². The van der Waals surface area contributed by atoms with Crippen molar-refractivity contribution in [1.82, 2.24) is 0 Å². The second kappa shape index (κ2) is 15.5. The highest BCUT2D eigenvalue weighted by Crippen LogP contribution is 2.37. The fourth-order valence-electron chi connectivity index (χ4n) is 4.08. The number of unbranched alkanes of at least 4 members (excludes halogenated alkanes) is 3. The summed E-state index contributed by atoms with van der Waals surface area (Å²) in [7, 11) is 1.55. The molecule has 1 amide bonds. The van der Waals surface area contributed by atoms with Crippen LogP contribution in [0, 0.1) is 11.3 Å². The summed E-state index contributed by atoms with van der Waals surface area (Å²) in [5, 5.41) is 14.7. The molecule has 0 saturated carbocycles. The third-order valence-electron chi connectivity index (χ3n) is 6.29. The molecule has 7 nitrogen and oxygen atoms in total. The van der Waals surface area contributed by atoms with Crippen molar-refractivity contribution in [2.45, 2.75) is 52.9 Å². The SMILES string of the molecule is CCCCCCOc1ccc(/C=C(\C#N)C(=O)Nc2scc(-c3ccc(CC)cc3)c2C(=O)OCC)cc1OC. The fraction of sp³-hybridized carbons (Fsp3) is 0.344. The lowest BCUT2D eigenvalue weighted by atomic mass is 10.0. The molecule has 0 fully saturated rings. The molecule has 1 aromatic heterocycles. The molecule has 0 aliphatic heterocycles. The van der Waals surface area contributed by atoms with Crippen LogP contribution in [0.15, 0.2) is 53.4 Å². The molecule has 1 heterocycles. The van der Waals surface area contributed by atoms with E-state index in [1.807, 2.05) is 35.7 Å². The van der Waals surface area contributed by atoms with Crippen LogP contribution in [0.5, 0.6) is 11.5 Å². The van der Waals surface area contributed by atoms with Gasteiger partial charge in [-0.15, -0.1) is 11.3 Å². The number of aryl methyl sites for hydroxylation is 1. The lowest BCUT2D eigenvalue weighted by Gasteiger charge is -2.11. The van der Waals surface area contributed by atoms with Crippen molar-refractivity contribution in [2.24, 2.45) is 0 Å². The highest BCUT2D eigenvalue weighted by atomic mass is 32.1. The van der Waals surface area contributed by atoms with E-state index in [2.05, 4.69) is 19.2 Å². The van der Waals surface area contributed by atoms with Gasteiger partial charge in [-0.3, -0.25) is 4.79 Å². The molecular formula is C32H36N2O5S. The lowest BCUT2D eigenvalue weighted by molar-refractivity contribution is -0.112. The molecular weight excluding hydrogens is 524 g/mol. The third-order valence-corrected chi connectivity index (χ3v) is 7.19. The van der Waals surface area contributed by atoms with Gasteiger partial charge in [-0.1, -0.05) is 63.4 Å². The Bertz CT molecular complexity index is 1370. The molecule has 3 rings (SSSR count). The maximum absolute atomic E-state index is 13.2. The van der Waals surface area contributed by atoms with E-state index in [-0.39, 0.29) is 17.7 Å². The lowest BCUT2D eigenvalue weighted by Crippen LogP contribution is -2.16. The average molecular weight is 561 g/mol. The first-order chi connectivity index (χ1) is 19.4. The maximum Gasteiger partial charge on any atom is 0.341 e. The molecule has 0 spiro atoms. The molecule has 1 N–H and O–H groups in total. The molecule has 0 atom stereocenters. The monoisotopic (exact) mass is 560 g/mol. The van der Waals surface area contributed by atoms with Gasteiger partial charge in [0.1, 0.15) is 22.2 Å². The van der Waals surface area contributed by atoms with Gasteiger partial charge in [-0.05, 0) is 54.7 Å². The van der Waals surface area contributed by atoms with Gasteiger partial charge in [0.2, 0.25) is 0 Å². The minimum atomic E-state index is -0.627. The number of benzene rings is 2. The average Bonchev–Trinajstić information content (AvgIpc) is 3.39. The Labute approximate surface area is 240 Å². The number of nitriles is 1. The van der Waals surface area contributed by atoms with Crippen LogP contribution in [0.4, 0.5) is 5.00 Å². The van der Waals surface area contributed by atoms with Crippen LogP contribution >= 0.6 is 11.3 Å². The van der Waals surface area contributed by atoms with E-state index < -0.39 is 11.9 Å². The van der Waals surface area contributed by atoms with Gasteiger partial charge in [0.05, 0.1) is 20.3 Å². The van der Waals surface area contributed by atoms with E-state index in [0.717, 1.165) is 31.2 Å². The number of carbonyl (C=O) groups excluding carboxylic acids is 2. The highest BCUT2D eigenvalue weighted by molar-refractivity contribution is 7.15. The van der Waals surface area contributed by atoms with Crippen LogP contribution in [0.1, 0.15) is 67.9 Å². The van der Waals surface area contributed by atoms with Gasteiger partial charge >= 0.3 is 5.97 Å². The van der Waals surface area contributed by atoms with Crippen molar-refractivity contribution in [3.8, 4) is 28.7 Å². The van der Waals surface area contributed by atoms with Crippen molar-refractivity contribution in [1.29, 1.82) is 5.26 Å². The summed E-state index contributed by atoms with van der Waals surface area (Å²) in [6.07, 6.45) is 6.77. The van der Waals surface area contributed by atoms with Crippen molar-refractivity contribution in [2.75, 3.05) is 25.6 Å². The molecule has 8 heteroatoms. The Morgan fingerprint density at radius 2 is 1.80 bits per heavy atom. The van der Waals surface area contributed by atoms with Gasteiger partial charge < -0.3 is 19.5 Å². The van der Waals surface area contributed by atoms with E-state index in [1.165, 1.54) is 29.4 Å². The zero-order chi connectivity index (χ0) is 28.9. The Kier molecular flexibility index (Phi) is 11.8. The molecule has 0 unspecified atom stereocenters. The number of methoxy groups -OCH3 is 1. The topological polar surface area (TPSA) is 97.7 Å². The number of hydrogen-bond donors (Lipinski definition) is 1. The molecule has 210 valence electrons. The minimum absolute atomic E-state index is 0.118. The summed E-state index contributed by atoms with van der Waals surface area (Å²) in [6.45, 7) is 6.75. The van der Waals surface area contributed by atoms with E-state index in [0.29, 0.717) is 34.2 Å². The number of nitrogens with one attached hydrogen (secondary N) is 1. The number of thiophene rings is 1. The Balaban J connectivity index is 1.83. The van der Waals surface area contributed by atoms with Crippen LogP contribution in [-0.2, 0) is 16.0 Å². The van der Waals surface area contributed by atoms with Crippen molar-refractivity contribution < 1.29 is 23.8 Å². The van der Waals surface area contributed by atoms with Crippen LogP contribution in [0.25, 0.3) is 17.2 Å². The molecule has 0 aliphatic rings. The molecule has 40 heavy (non-hydrogen) atoms. The second-order valence-electron chi connectivity index (χ2n) is 9.07. The third kappa shape index (κ3) is 7.96. The van der Waals surface area contributed by atoms with Gasteiger partial charge in [0.25, 0.3) is 5.91 Å². The molecule has 0 bridgehead atoms. The van der Waals surface area contributed by atoms with E-state index >= 15 is 0 Å². The largest absolute Gasteiger partial charge is 0.493 e. The number of anilines is 1. The highest BCUT2D eigenvalue weighted by Gasteiger charge is 2.24. The van der Waals surface area contributed by atoms with E-state index in [4.69, 9.17) is 14.2 Å². The first-order valence-corrected chi connectivity index (χ1v) is 14.4. The molecule has 0 saturated heterocycles. The van der Waals surface area contributed by atoms with Crippen LogP contribution in [0.3, 0.4) is 0 Å². The number of esters is 1. The number of carbonyl (C=O) groups is 2. The predicted molar refractivity (Wildman–Crippen MR) is 160 cm³/mol. The first-order valence-electron chi connectivity index (χ1n) is 13.6. The van der Waals surface area contributed by atoms with Gasteiger partial charge in [-0.2, -0.15) is 5.26 Å². The second-order valence-corrected chi connectivity index (χ2v) is 9.95. The summed E-state index contributed by atoms with van der Waals surface area (Å²) in [4.78, 5) is 26.1. The normalized spacial score (nSPS) is 11.0. The fourth-order valence-corrected chi connectivity index (χ4v) is 5.03. The summed E-state index contributed by atoms with van der Waals surface area (Å²) < 4.78 is 16.6. The maximum atomic E-state index is 13.2. The number of hydrogen-bond acceptors (Lipinski definition) is 7. The smallest absolute Gasteiger partial charge is 0.341 e. The summed E-state index contributed by atoms with van der Waals surface area (Å²) in [5.74, 6) is -0.0380. The quantitative estimate of drug-likeness (QED) is 0.0940. The zero-order valence-corrected chi connectivity index (χ0v) is 24.4. The zero-order valence-electron chi connectivity index (χ0n) is 23.5. The number of amides is 1. The Hall–Kier alpha value is -4.09. The van der Waals surface area contributed by atoms with Crippen LogP contribution in [0.2, 0.25) is 0 Å². The first kappa shape index (κ1) is 30.5. The Morgan fingerprint density at radius 3 is 2.45 bits per heavy atom. The van der Waals surface area contributed by atoms with Crippen molar-refractivity contribution in [3.05, 3.63) is 70.1 Å². The van der Waals surface area contributed by atoms with Gasteiger partial charge in [0.15, 0.2) is 11.5 Å². The predicted octanol–water partition coefficient (Wildman–Crippen LogP) is 7.67. The summed E-state index contributed by atoms with van der Waals surface area (Å²) >= 11 is 1.21. The molecule has 0 aliphatic carbocycles. The molecule has 2 aromatic carbocycles. The van der Waals surface area contributed by atoms with Crippen molar-refractivity contribution >= 4 is 34.3 Å².